The zero-order valence-corrected chi connectivity index (χ0v) is 20.8. The van der Waals surface area contributed by atoms with Crippen molar-refractivity contribution in [3.8, 4) is 22.4 Å². The van der Waals surface area contributed by atoms with Gasteiger partial charge in [0.2, 0.25) is 5.69 Å². The first-order chi connectivity index (χ1) is 17.0. The van der Waals surface area contributed by atoms with Crippen LogP contribution >= 0.6 is 0 Å². The summed E-state index contributed by atoms with van der Waals surface area (Å²) >= 11 is 0. The van der Waals surface area contributed by atoms with E-state index in [1.54, 1.807) is 0 Å². The fourth-order valence-corrected chi connectivity index (χ4v) is 4.93. The molecule has 1 aliphatic rings. The van der Waals surface area contributed by atoms with E-state index in [1.165, 1.54) is 44.8 Å². The van der Waals surface area contributed by atoms with Crippen LogP contribution in [-0.2, 0) is 24.8 Å². The molecule has 6 heteroatoms. The second-order valence-corrected chi connectivity index (χ2v) is 10.1. The lowest BCUT2D eigenvalue weighted by Gasteiger charge is -2.26. The monoisotopic (exact) mass is 491 g/mol. The minimum absolute atomic E-state index is 0.0275. The maximum absolute atomic E-state index is 9.75. The Kier molecular flexibility index (Phi) is 7.34. The van der Waals surface area contributed by atoms with Gasteiger partial charge in [-0.05, 0) is 35.6 Å². The summed E-state index contributed by atoms with van der Waals surface area (Å²) in [5.41, 5.74) is 11.2. The number of aryl methyl sites for hydroxylation is 1. The van der Waals surface area contributed by atoms with Crippen molar-refractivity contribution in [2.45, 2.75) is 45.6 Å². The van der Waals surface area contributed by atoms with E-state index in [2.05, 4.69) is 116 Å². The van der Waals surface area contributed by atoms with E-state index in [9.17, 15) is 17.3 Å². The average molecular weight is 491 g/mol. The number of benzene rings is 3. The summed E-state index contributed by atoms with van der Waals surface area (Å²) in [7, 11) is -6.00. The van der Waals surface area contributed by atoms with Crippen LogP contribution in [0.3, 0.4) is 0 Å². The van der Waals surface area contributed by atoms with Crippen LogP contribution < -0.4 is 4.57 Å². The highest BCUT2D eigenvalue weighted by Gasteiger charge is 2.35. The van der Waals surface area contributed by atoms with Crippen LogP contribution in [0.1, 0.15) is 43.2 Å². The second kappa shape index (κ2) is 10.3. The van der Waals surface area contributed by atoms with Gasteiger partial charge in [0.1, 0.15) is 0 Å². The maximum Gasteiger partial charge on any atom is 0.673 e. The lowest BCUT2D eigenvalue weighted by Crippen LogP contribution is -2.47. The quantitative estimate of drug-likeness (QED) is 0.155. The standard InChI is InChI=1S/C30H30N.BF4/c1-30(2,3)28-20-27(23-14-8-5-9-15-23)26-19-18-24-16-10-11-17-25(24)29(26)31(28)21-22-12-6-4-7-13-22;2-1(3,4)5/h4-17,20H,18-19,21H2,1-3H3;/q+1;-1. The van der Waals surface area contributed by atoms with Crippen molar-refractivity contribution < 1.29 is 21.8 Å². The molecule has 1 aromatic heterocycles. The van der Waals surface area contributed by atoms with E-state index >= 15 is 0 Å². The average Bonchev–Trinajstić information content (AvgIpc) is 2.83. The topological polar surface area (TPSA) is 3.88 Å². The van der Waals surface area contributed by atoms with E-state index in [4.69, 9.17) is 0 Å². The van der Waals surface area contributed by atoms with Gasteiger partial charge >= 0.3 is 7.25 Å². The number of nitrogens with zero attached hydrogens (tertiary/aromatic N) is 1. The van der Waals surface area contributed by atoms with E-state index in [-0.39, 0.29) is 5.41 Å². The summed E-state index contributed by atoms with van der Waals surface area (Å²) in [5.74, 6) is 0. The molecule has 0 aliphatic heterocycles. The third-order valence-electron chi connectivity index (χ3n) is 6.41. The Balaban J connectivity index is 0.000000556. The molecule has 0 fully saturated rings. The first-order valence-electron chi connectivity index (χ1n) is 12.2. The molecule has 0 amide bonds. The molecular weight excluding hydrogens is 461 g/mol. The maximum atomic E-state index is 9.75. The summed E-state index contributed by atoms with van der Waals surface area (Å²) in [6.45, 7) is 7.89. The Morgan fingerprint density at radius 3 is 1.89 bits per heavy atom. The van der Waals surface area contributed by atoms with Gasteiger partial charge in [-0.25, -0.2) is 0 Å². The number of aromatic nitrogens is 1. The van der Waals surface area contributed by atoms with Gasteiger partial charge in [-0.15, -0.1) is 0 Å². The third kappa shape index (κ3) is 6.04. The molecule has 0 atom stereocenters. The number of rotatable bonds is 3. The van der Waals surface area contributed by atoms with Gasteiger partial charge in [0.05, 0.1) is 0 Å². The Bertz CT molecular complexity index is 1320. The zero-order valence-electron chi connectivity index (χ0n) is 20.8. The Morgan fingerprint density at radius 2 is 1.28 bits per heavy atom. The van der Waals surface area contributed by atoms with Gasteiger partial charge in [0.15, 0.2) is 12.2 Å². The molecule has 0 spiro atoms. The third-order valence-corrected chi connectivity index (χ3v) is 6.41. The minimum Gasteiger partial charge on any atom is -0.418 e. The fourth-order valence-electron chi connectivity index (χ4n) is 4.93. The van der Waals surface area contributed by atoms with Crippen LogP contribution in [0.25, 0.3) is 22.4 Å². The highest BCUT2D eigenvalue weighted by molar-refractivity contribution is 6.50. The molecule has 1 aliphatic carbocycles. The van der Waals surface area contributed by atoms with E-state index < -0.39 is 7.25 Å². The first kappa shape index (κ1) is 25.7. The molecule has 36 heavy (non-hydrogen) atoms. The van der Waals surface area contributed by atoms with Crippen LogP contribution in [-0.4, -0.2) is 7.25 Å². The minimum atomic E-state index is -6.00. The van der Waals surface area contributed by atoms with Gasteiger partial charge in [-0.2, -0.15) is 4.57 Å². The SMILES string of the molecule is CC(C)(C)c1cc(-c2ccccc2)c2c([n+]1Cc1ccccc1)-c1ccccc1CC2.F[B-](F)(F)F. The van der Waals surface area contributed by atoms with Gasteiger partial charge in [0, 0.05) is 28.2 Å². The molecule has 5 rings (SSSR count). The molecule has 0 unspecified atom stereocenters. The molecule has 0 bridgehead atoms. The molecule has 0 N–H and O–H groups in total. The highest BCUT2D eigenvalue weighted by Crippen LogP contribution is 2.39. The van der Waals surface area contributed by atoms with Crippen molar-refractivity contribution in [2.75, 3.05) is 0 Å². The summed E-state index contributed by atoms with van der Waals surface area (Å²) in [6, 6.07) is 33.2. The molecule has 4 aromatic rings. The summed E-state index contributed by atoms with van der Waals surface area (Å²) in [6.07, 6.45) is 2.18. The van der Waals surface area contributed by atoms with Crippen LogP contribution in [0.5, 0.6) is 0 Å². The number of hydrogen-bond donors (Lipinski definition) is 0. The summed E-state index contributed by atoms with van der Waals surface area (Å²) in [4.78, 5) is 0. The van der Waals surface area contributed by atoms with Gasteiger partial charge in [0.25, 0.3) is 0 Å². The van der Waals surface area contributed by atoms with Crippen LogP contribution in [0.4, 0.5) is 17.3 Å². The van der Waals surface area contributed by atoms with Crippen molar-refractivity contribution in [3.63, 3.8) is 0 Å². The number of halogens is 4. The largest absolute Gasteiger partial charge is 0.673 e. The van der Waals surface area contributed by atoms with Crippen LogP contribution in [0, 0.1) is 0 Å². The molecule has 3 aromatic carbocycles. The van der Waals surface area contributed by atoms with E-state index in [0.717, 1.165) is 19.4 Å². The first-order valence-corrected chi connectivity index (χ1v) is 12.2. The highest BCUT2D eigenvalue weighted by atomic mass is 19.5. The fraction of sp³-hybridized carbons (Fsp3) is 0.233. The van der Waals surface area contributed by atoms with Crippen LogP contribution in [0.15, 0.2) is 91.0 Å². The molecule has 0 saturated heterocycles. The Labute approximate surface area is 210 Å². The lowest BCUT2D eigenvalue weighted by molar-refractivity contribution is -0.688. The lowest BCUT2D eigenvalue weighted by atomic mass is 9.81. The molecule has 1 nitrogen and oxygen atoms in total. The number of pyridine rings is 1. The molecule has 186 valence electrons. The Morgan fingerprint density at radius 1 is 0.722 bits per heavy atom. The van der Waals surface area contributed by atoms with Gasteiger partial charge < -0.3 is 17.3 Å². The normalized spacial score (nSPS) is 12.8. The van der Waals surface area contributed by atoms with Crippen molar-refractivity contribution in [3.05, 3.63) is 113 Å². The molecule has 1 heterocycles. The van der Waals surface area contributed by atoms with E-state index in [1.807, 2.05) is 0 Å². The van der Waals surface area contributed by atoms with Crippen molar-refractivity contribution in [1.29, 1.82) is 0 Å². The van der Waals surface area contributed by atoms with Gasteiger partial charge in [-0.1, -0.05) is 99.6 Å². The van der Waals surface area contributed by atoms with Crippen LogP contribution in [0.2, 0.25) is 0 Å². The molecule has 0 saturated carbocycles. The Hall–Kier alpha value is -3.41. The second-order valence-electron chi connectivity index (χ2n) is 10.1. The smallest absolute Gasteiger partial charge is 0.418 e. The summed E-state index contributed by atoms with van der Waals surface area (Å²) < 4.78 is 41.6. The number of hydrogen-bond acceptors (Lipinski definition) is 0. The van der Waals surface area contributed by atoms with E-state index in [0.29, 0.717) is 0 Å². The van der Waals surface area contributed by atoms with Crippen molar-refractivity contribution in [2.24, 2.45) is 0 Å². The predicted octanol–water partition coefficient (Wildman–Crippen LogP) is 8.05. The van der Waals surface area contributed by atoms with Crippen molar-refractivity contribution in [1.82, 2.24) is 0 Å². The zero-order chi connectivity index (χ0) is 25.9. The summed E-state index contributed by atoms with van der Waals surface area (Å²) in [5, 5.41) is 0. The van der Waals surface area contributed by atoms with Gasteiger partial charge in [-0.3, -0.25) is 0 Å². The molecular formula is C30H30BF4N. The van der Waals surface area contributed by atoms with Crippen molar-refractivity contribution >= 4 is 7.25 Å². The molecule has 0 radical (unpaired) electrons. The number of fused-ring (bicyclic) bond motifs is 3. The predicted molar refractivity (Wildman–Crippen MR) is 139 cm³/mol.